The van der Waals surface area contributed by atoms with E-state index in [-0.39, 0.29) is 5.82 Å². The number of anilines is 1. The van der Waals surface area contributed by atoms with Gasteiger partial charge < -0.3 is 9.73 Å². The Morgan fingerprint density at radius 3 is 2.88 bits per heavy atom. The minimum atomic E-state index is -0.470. The average Bonchev–Trinajstić information content (AvgIpc) is 3.19. The van der Waals surface area contributed by atoms with Gasteiger partial charge in [0.25, 0.3) is 0 Å². The Bertz CT molecular complexity index is 1050. The Balaban J connectivity index is 1.52. The summed E-state index contributed by atoms with van der Waals surface area (Å²) < 4.78 is 18.0. The van der Waals surface area contributed by atoms with Crippen LogP contribution in [0.25, 0.3) is 22.4 Å². The molecular weight excluding hydrogens is 329 g/mol. The molecule has 7 heteroatoms. The highest BCUT2D eigenvalue weighted by atomic mass is 32.1. The molecule has 2 aromatic carbocycles. The van der Waals surface area contributed by atoms with E-state index in [9.17, 15) is 9.18 Å². The Morgan fingerprint density at radius 2 is 2.04 bits per heavy atom. The zero-order valence-corrected chi connectivity index (χ0v) is 13.2. The van der Waals surface area contributed by atoms with Crippen LogP contribution in [-0.4, -0.2) is 9.97 Å². The third kappa shape index (κ3) is 2.93. The first-order valence-electron chi connectivity index (χ1n) is 7.24. The topological polar surface area (TPSA) is 70.9 Å². The molecule has 0 atom stereocenters. The summed E-state index contributed by atoms with van der Waals surface area (Å²) in [5, 5.41) is 5.92. The van der Waals surface area contributed by atoms with Crippen molar-refractivity contribution in [2.24, 2.45) is 0 Å². The molecule has 120 valence electrons. The molecule has 0 spiro atoms. The SMILES string of the molecule is O=c1[nH]c2ccc(-c3csc(NCc4ccc(F)cc4)n3)cc2o1. The zero-order valence-electron chi connectivity index (χ0n) is 12.4. The standard InChI is InChI=1S/C17H12FN3O2S/c18-12-4-1-10(2-5-12)8-19-16-20-14(9-24-16)11-3-6-13-15(7-11)23-17(22)21-13/h1-7,9H,8H2,(H,19,20)(H,21,22). The number of oxazole rings is 1. The van der Waals surface area contributed by atoms with Gasteiger partial charge in [-0.1, -0.05) is 18.2 Å². The van der Waals surface area contributed by atoms with E-state index in [1.54, 1.807) is 24.3 Å². The first-order valence-corrected chi connectivity index (χ1v) is 8.12. The first-order chi connectivity index (χ1) is 11.7. The van der Waals surface area contributed by atoms with Crippen molar-refractivity contribution < 1.29 is 8.81 Å². The van der Waals surface area contributed by atoms with Crippen molar-refractivity contribution in [3.8, 4) is 11.3 Å². The second-order valence-corrected chi connectivity index (χ2v) is 6.10. The molecule has 0 unspecified atom stereocenters. The summed E-state index contributed by atoms with van der Waals surface area (Å²) in [7, 11) is 0. The lowest BCUT2D eigenvalue weighted by atomic mass is 10.1. The number of thiazole rings is 1. The number of aromatic nitrogens is 2. The Hall–Kier alpha value is -2.93. The van der Waals surface area contributed by atoms with E-state index < -0.39 is 5.76 Å². The molecule has 0 saturated heterocycles. The van der Waals surface area contributed by atoms with Gasteiger partial charge in [0.05, 0.1) is 11.2 Å². The van der Waals surface area contributed by atoms with Crippen molar-refractivity contribution in [2.45, 2.75) is 6.54 Å². The Labute approximate surface area is 139 Å². The van der Waals surface area contributed by atoms with E-state index in [4.69, 9.17) is 4.42 Å². The zero-order chi connectivity index (χ0) is 16.5. The molecule has 0 fully saturated rings. The molecular formula is C17H12FN3O2S. The molecule has 5 nitrogen and oxygen atoms in total. The van der Waals surface area contributed by atoms with Crippen LogP contribution in [0, 0.1) is 5.82 Å². The molecule has 24 heavy (non-hydrogen) atoms. The molecule has 2 heterocycles. The van der Waals surface area contributed by atoms with E-state index in [1.165, 1.54) is 23.5 Å². The predicted molar refractivity (Wildman–Crippen MR) is 91.7 cm³/mol. The van der Waals surface area contributed by atoms with E-state index in [1.807, 2.05) is 11.4 Å². The van der Waals surface area contributed by atoms with Gasteiger partial charge in [-0.25, -0.2) is 14.2 Å². The third-order valence-corrected chi connectivity index (χ3v) is 4.38. The lowest BCUT2D eigenvalue weighted by Gasteiger charge is -2.02. The molecule has 0 saturated carbocycles. The van der Waals surface area contributed by atoms with Gasteiger partial charge in [0, 0.05) is 17.5 Å². The Morgan fingerprint density at radius 1 is 1.21 bits per heavy atom. The van der Waals surface area contributed by atoms with Gasteiger partial charge in [0.2, 0.25) is 0 Å². The largest absolute Gasteiger partial charge is 0.417 e. The van der Waals surface area contributed by atoms with Crippen molar-refractivity contribution >= 4 is 27.6 Å². The van der Waals surface area contributed by atoms with E-state index >= 15 is 0 Å². The third-order valence-electron chi connectivity index (χ3n) is 3.58. The summed E-state index contributed by atoms with van der Waals surface area (Å²) in [5.41, 5.74) is 3.81. The van der Waals surface area contributed by atoms with Gasteiger partial charge in [-0.05, 0) is 29.8 Å². The van der Waals surface area contributed by atoms with E-state index in [2.05, 4.69) is 15.3 Å². The fourth-order valence-corrected chi connectivity index (χ4v) is 3.09. The maximum Gasteiger partial charge on any atom is 0.417 e. The highest BCUT2D eigenvalue weighted by Gasteiger charge is 2.08. The van der Waals surface area contributed by atoms with E-state index in [0.29, 0.717) is 17.6 Å². The van der Waals surface area contributed by atoms with Crippen molar-refractivity contribution in [1.82, 2.24) is 9.97 Å². The van der Waals surface area contributed by atoms with Crippen molar-refractivity contribution in [2.75, 3.05) is 5.32 Å². The van der Waals surface area contributed by atoms with Gasteiger partial charge in [-0.2, -0.15) is 0 Å². The normalized spacial score (nSPS) is 11.0. The monoisotopic (exact) mass is 341 g/mol. The second kappa shape index (κ2) is 5.93. The number of hydrogen-bond acceptors (Lipinski definition) is 5. The molecule has 4 aromatic rings. The summed E-state index contributed by atoms with van der Waals surface area (Å²) in [6, 6.07) is 11.8. The van der Waals surface area contributed by atoms with Crippen LogP contribution < -0.4 is 11.1 Å². The van der Waals surface area contributed by atoms with Gasteiger partial charge >= 0.3 is 5.76 Å². The molecule has 0 aliphatic rings. The van der Waals surface area contributed by atoms with Crippen LogP contribution >= 0.6 is 11.3 Å². The Kier molecular flexibility index (Phi) is 3.62. The van der Waals surface area contributed by atoms with Gasteiger partial charge in [-0.15, -0.1) is 11.3 Å². The highest BCUT2D eigenvalue weighted by molar-refractivity contribution is 7.14. The van der Waals surface area contributed by atoms with Crippen molar-refractivity contribution in [3.05, 3.63) is 69.8 Å². The molecule has 2 aromatic heterocycles. The predicted octanol–water partition coefficient (Wildman–Crippen LogP) is 4.00. The minimum absolute atomic E-state index is 0.248. The summed E-state index contributed by atoms with van der Waals surface area (Å²) >= 11 is 1.48. The number of rotatable bonds is 4. The maximum atomic E-state index is 12.9. The van der Waals surface area contributed by atoms with Gasteiger partial charge in [0.15, 0.2) is 10.7 Å². The maximum absolute atomic E-state index is 12.9. The van der Waals surface area contributed by atoms with Crippen LogP contribution in [0.3, 0.4) is 0 Å². The number of hydrogen-bond donors (Lipinski definition) is 2. The van der Waals surface area contributed by atoms with Crippen LogP contribution in [0.15, 0.2) is 57.1 Å². The number of H-pyrrole nitrogens is 1. The van der Waals surface area contributed by atoms with Crippen molar-refractivity contribution in [1.29, 1.82) is 0 Å². The fourth-order valence-electron chi connectivity index (χ4n) is 2.37. The lowest BCUT2D eigenvalue weighted by Crippen LogP contribution is -1.98. The fraction of sp³-hybridized carbons (Fsp3) is 0.0588. The number of nitrogens with zero attached hydrogens (tertiary/aromatic N) is 1. The number of fused-ring (bicyclic) bond motifs is 1. The van der Waals surface area contributed by atoms with Gasteiger partial charge in [0.1, 0.15) is 5.82 Å². The summed E-state index contributed by atoms with van der Waals surface area (Å²) in [6.45, 7) is 0.568. The minimum Gasteiger partial charge on any atom is -0.408 e. The molecule has 0 bridgehead atoms. The van der Waals surface area contributed by atoms with E-state index in [0.717, 1.165) is 22.0 Å². The second-order valence-electron chi connectivity index (χ2n) is 5.24. The van der Waals surface area contributed by atoms with Crippen LogP contribution in [0.4, 0.5) is 9.52 Å². The molecule has 0 aliphatic heterocycles. The lowest BCUT2D eigenvalue weighted by molar-refractivity contribution is 0.555. The first kappa shape index (κ1) is 14.6. The molecule has 2 N–H and O–H groups in total. The van der Waals surface area contributed by atoms with Crippen LogP contribution in [-0.2, 0) is 6.54 Å². The van der Waals surface area contributed by atoms with Crippen LogP contribution in [0.1, 0.15) is 5.56 Å². The summed E-state index contributed by atoms with van der Waals surface area (Å²) in [6.07, 6.45) is 0. The number of halogens is 1. The summed E-state index contributed by atoms with van der Waals surface area (Å²) in [4.78, 5) is 18.3. The summed E-state index contributed by atoms with van der Waals surface area (Å²) in [5.74, 6) is -0.718. The highest BCUT2D eigenvalue weighted by Crippen LogP contribution is 2.27. The average molecular weight is 341 g/mol. The van der Waals surface area contributed by atoms with Crippen LogP contribution in [0.2, 0.25) is 0 Å². The quantitative estimate of drug-likeness (QED) is 0.589. The molecule has 0 radical (unpaired) electrons. The molecule has 0 aliphatic carbocycles. The number of nitrogens with one attached hydrogen (secondary N) is 2. The number of benzene rings is 2. The molecule has 0 amide bonds. The van der Waals surface area contributed by atoms with Gasteiger partial charge in [-0.3, -0.25) is 4.98 Å². The molecule has 4 rings (SSSR count). The van der Waals surface area contributed by atoms with Crippen molar-refractivity contribution in [3.63, 3.8) is 0 Å². The number of aromatic amines is 1. The van der Waals surface area contributed by atoms with Crippen LogP contribution in [0.5, 0.6) is 0 Å². The smallest absolute Gasteiger partial charge is 0.408 e.